The highest BCUT2D eigenvalue weighted by molar-refractivity contribution is 7.99. The van der Waals surface area contributed by atoms with Gasteiger partial charge >= 0.3 is 5.97 Å². The summed E-state index contributed by atoms with van der Waals surface area (Å²) in [6.07, 6.45) is 7.46. The largest absolute Gasteiger partial charge is 0.468 e. The van der Waals surface area contributed by atoms with E-state index in [2.05, 4.69) is 11.7 Å². The number of hydrogen-bond donors (Lipinski definition) is 1. The van der Waals surface area contributed by atoms with Crippen LogP contribution in [0.2, 0.25) is 0 Å². The number of carbonyl (C=O) groups excluding carboxylic acids is 1. The van der Waals surface area contributed by atoms with Crippen molar-refractivity contribution >= 4 is 17.7 Å². The maximum atomic E-state index is 11.1. The first-order valence-corrected chi connectivity index (χ1v) is 7.67. The van der Waals surface area contributed by atoms with E-state index < -0.39 is 6.04 Å². The first kappa shape index (κ1) is 14.8. The van der Waals surface area contributed by atoms with Crippen LogP contribution in [-0.2, 0) is 9.53 Å². The molecule has 0 aromatic rings. The van der Waals surface area contributed by atoms with Crippen molar-refractivity contribution in [3.63, 3.8) is 0 Å². The summed E-state index contributed by atoms with van der Waals surface area (Å²) in [7, 11) is 1.39. The van der Waals surface area contributed by atoms with E-state index >= 15 is 0 Å². The van der Waals surface area contributed by atoms with Gasteiger partial charge in [0, 0.05) is 5.25 Å². The van der Waals surface area contributed by atoms with Crippen molar-refractivity contribution in [2.75, 3.05) is 12.9 Å². The molecule has 1 fully saturated rings. The molecule has 100 valence electrons. The van der Waals surface area contributed by atoms with Gasteiger partial charge in [0.1, 0.15) is 6.04 Å². The molecular weight excluding hydrogens is 234 g/mol. The van der Waals surface area contributed by atoms with Crippen LogP contribution in [-0.4, -0.2) is 30.1 Å². The summed E-state index contributed by atoms with van der Waals surface area (Å²) >= 11 is 1.98. The molecule has 0 aliphatic heterocycles. The van der Waals surface area contributed by atoms with Crippen LogP contribution in [0.3, 0.4) is 0 Å². The highest BCUT2D eigenvalue weighted by Crippen LogP contribution is 2.33. The fraction of sp³-hybridized carbons (Fsp3) is 0.923. The van der Waals surface area contributed by atoms with Gasteiger partial charge in [-0.15, -0.1) is 0 Å². The van der Waals surface area contributed by atoms with Gasteiger partial charge in [-0.25, -0.2) is 0 Å². The summed E-state index contributed by atoms with van der Waals surface area (Å²) in [5.74, 6) is 1.63. The second kappa shape index (κ2) is 7.98. The third kappa shape index (κ3) is 5.30. The Bertz CT molecular complexity index is 227. The topological polar surface area (TPSA) is 52.3 Å². The minimum atomic E-state index is -0.445. The van der Waals surface area contributed by atoms with Crippen molar-refractivity contribution in [1.82, 2.24) is 0 Å². The van der Waals surface area contributed by atoms with E-state index in [1.165, 1.54) is 39.2 Å². The van der Waals surface area contributed by atoms with E-state index in [1.807, 2.05) is 11.8 Å². The molecule has 1 saturated carbocycles. The number of carbonyl (C=O) groups is 1. The number of hydrogen-bond acceptors (Lipinski definition) is 4. The summed E-state index contributed by atoms with van der Waals surface area (Å²) in [6, 6.07) is -0.445. The number of nitrogens with two attached hydrogens (primary N) is 1. The third-order valence-electron chi connectivity index (χ3n) is 3.66. The Kier molecular flexibility index (Phi) is 6.97. The van der Waals surface area contributed by atoms with Gasteiger partial charge < -0.3 is 10.5 Å². The van der Waals surface area contributed by atoms with Gasteiger partial charge in [0.2, 0.25) is 0 Å². The van der Waals surface area contributed by atoms with Gasteiger partial charge in [-0.2, -0.15) is 11.8 Å². The lowest BCUT2D eigenvalue weighted by Gasteiger charge is -2.27. The van der Waals surface area contributed by atoms with Gasteiger partial charge in [-0.05, 0) is 43.8 Å². The number of thioether (sulfide) groups is 1. The normalized spacial score (nSPS) is 26.5. The van der Waals surface area contributed by atoms with Gasteiger partial charge in [0.25, 0.3) is 0 Å². The van der Waals surface area contributed by atoms with E-state index in [9.17, 15) is 4.79 Å². The van der Waals surface area contributed by atoms with Crippen molar-refractivity contribution in [3.05, 3.63) is 0 Å². The summed E-state index contributed by atoms with van der Waals surface area (Å²) in [6.45, 7) is 2.29. The molecule has 0 aromatic heterocycles. The molecule has 1 aliphatic rings. The number of esters is 1. The predicted octanol–water partition coefficient (Wildman–Crippen LogP) is 2.58. The SMILES string of the molecule is CCC1CCC(SCCC(N)C(=O)OC)CC1. The number of ether oxygens (including phenoxy) is 1. The fourth-order valence-electron chi connectivity index (χ4n) is 2.34. The van der Waals surface area contributed by atoms with Crippen LogP contribution >= 0.6 is 11.8 Å². The zero-order chi connectivity index (χ0) is 12.7. The van der Waals surface area contributed by atoms with Gasteiger partial charge in [0.05, 0.1) is 7.11 Å². The third-order valence-corrected chi connectivity index (χ3v) is 5.07. The van der Waals surface area contributed by atoms with E-state index in [1.54, 1.807) is 0 Å². The minimum absolute atomic E-state index is 0.291. The standard InChI is InChI=1S/C13H25NO2S/c1-3-10-4-6-11(7-5-10)17-9-8-12(14)13(15)16-2/h10-12H,3-9,14H2,1-2H3. The fourth-order valence-corrected chi connectivity index (χ4v) is 3.67. The van der Waals surface area contributed by atoms with Gasteiger partial charge in [-0.1, -0.05) is 13.3 Å². The van der Waals surface area contributed by atoms with Crippen LogP contribution in [0.15, 0.2) is 0 Å². The van der Waals surface area contributed by atoms with Crippen LogP contribution < -0.4 is 5.73 Å². The predicted molar refractivity (Wildman–Crippen MR) is 73.1 cm³/mol. The van der Waals surface area contributed by atoms with Gasteiger partial charge in [-0.3, -0.25) is 4.79 Å². The zero-order valence-corrected chi connectivity index (χ0v) is 11.8. The average Bonchev–Trinajstić information content (AvgIpc) is 2.38. The molecule has 2 N–H and O–H groups in total. The van der Waals surface area contributed by atoms with E-state index in [4.69, 9.17) is 5.73 Å². The second-order valence-corrected chi connectivity index (χ2v) is 6.25. The molecular formula is C13H25NO2S. The van der Waals surface area contributed by atoms with Crippen LogP contribution in [0, 0.1) is 5.92 Å². The summed E-state index contributed by atoms with van der Waals surface area (Å²) < 4.78 is 4.61. The molecule has 1 unspecified atom stereocenters. The number of methoxy groups -OCH3 is 1. The quantitative estimate of drug-likeness (QED) is 0.745. The van der Waals surface area contributed by atoms with Gasteiger partial charge in [0.15, 0.2) is 0 Å². The molecule has 0 aromatic carbocycles. The Labute approximate surface area is 109 Å². The van der Waals surface area contributed by atoms with Crippen molar-refractivity contribution in [3.8, 4) is 0 Å². The molecule has 0 bridgehead atoms. The second-order valence-electron chi connectivity index (χ2n) is 4.84. The van der Waals surface area contributed by atoms with E-state index in [0.717, 1.165) is 23.3 Å². The molecule has 0 spiro atoms. The Morgan fingerprint density at radius 3 is 2.59 bits per heavy atom. The lowest BCUT2D eigenvalue weighted by molar-refractivity contribution is -0.142. The number of rotatable bonds is 6. The Morgan fingerprint density at radius 2 is 2.06 bits per heavy atom. The summed E-state index contributed by atoms with van der Waals surface area (Å²) in [4.78, 5) is 11.1. The molecule has 1 rings (SSSR count). The lowest BCUT2D eigenvalue weighted by atomic mass is 9.87. The molecule has 1 aliphatic carbocycles. The van der Waals surface area contributed by atoms with Crippen LogP contribution in [0.1, 0.15) is 45.4 Å². The van der Waals surface area contributed by atoms with Crippen molar-refractivity contribution < 1.29 is 9.53 Å². The average molecular weight is 259 g/mol. The van der Waals surface area contributed by atoms with Crippen LogP contribution in [0.4, 0.5) is 0 Å². The maximum absolute atomic E-state index is 11.1. The van der Waals surface area contributed by atoms with E-state index in [0.29, 0.717) is 0 Å². The highest BCUT2D eigenvalue weighted by atomic mass is 32.2. The monoisotopic (exact) mass is 259 g/mol. The molecule has 0 amide bonds. The Hall–Kier alpha value is -0.220. The van der Waals surface area contributed by atoms with Crippen LogP contribution in [0.25, 0.3) is 0 Å². The summed E-state index contributed by atoms with van der Waals surface area (Å²) in [5.41, 5.74) is 5.70. The minimum Gasteiger partial charge on any atom is -0.468 e. The van der Waals surface area contributed by atoms with E-state index in [-0.39, 0.29) is 5.97 Å². The summed E-state index contributed by atoms with van der Waals surface area (Å²) in [5, 5.41) is 0.780. The smallest absolute Gasteiger partial charge is 0.322 e. The lowest BCUT2D eigenvalue weighted by Crippen LogP contribution is -2.32. The molecule has 0 saturated heterocycles. The molecule has 3 nitrogen and oxygen atoms in total. The molecule has 0 heterocycles. The molecule has 1 atom stereocenters. The first-order valence-electron chi connectivity index (χ1n) is 6.62. The highest BCUT2D eigenvalue weighted by Gasteiger charge is 2.21. The molecule has 17 heavy (non-hydrogen) atoms. The van der Waals surface area contributed by atoms with Crippen molar-refractivity contribution in [1.29, 1.82) is 0 Å². The Balaban J connectivity index is 2.09. The maximum Gasteiger partial charge on any atom is 0.322 e. The Morgan fingerprint density at radius 1 is 1.41 bits per heavy atom. The molecule has 0 radical (unpaired) electrons. The molecule has 4 heteroatoms. The van der Waals surface area contributed by atoms with Crippen molar-refractivity contribution in [2.45, 2.75) is 56.7 Å². The first-order chi connectivity index (χ1) is 8.17. The zero-order valence-electron chi connectivity index (χ0n) is 11.0. The van der Waals surface area contributed by atoms with Crippen LogP contribution in [0.5, 0.6) is 0 Å². The van der Waals surface area contributed by atoms with Crippen molar-refractivity contribution in [2.24, 2.45) is 11.7 Å².